The van der Waals surface area contributed by atoms with Crippen molar-refractivity contribution in [2.75, 3.05) is 12.5 Å². The molecule has 0 saturated carbocycles. The van der Waals surface area contributed by atoms with Crippen LogP contribution in [-0.4, -0.2) is 38.3 Å². The molecule has 0 unspecified atom stereocenters. The maximum Gasteiger partial charge on any atom is 0.236 e. The molecule has 2 aromatic heterocycles. The van der Waals surface area contributed by atoms with E-state index < -0.39 is 24.9 Å². The minimum absolute atomic E-state index is 0.0279. The lowest BCUT2D eigenvalue weighted by Gasteiger charge is -2.02. The van der Waals surface area contributed by atoms with Gasteiger partial charge < -0.3 is 4.98 Å². The van der Waals surface area contributed by atoms with Gasteiger partial charge in [-0.25, -0.2) is 29.6 Å². The van der Waals surface area contributed by atoms with Crippen LogP contribution >= 0.6 is 42.5 Å². The Balaban J connectivity index is 0.000000225. The predicted octanol–water partition coefficient (Wildman–Crippen LogP) is 5.74. The number of rotatable bonds is 3. The summed E-state index contributed by atoms with van der Waals surface area (Å²) in [6, 6.07) is 9.71. The van der Waals surface area contributed by atoms with Crippen molar-refractivity contribution in [3.8, 4) is 12.1 Å². The lowest BCUT2D eigenvalue weighted by atomic mass is 10.1. The molecule has 0 aliphatic carbocycles. The number of hydrogen-bond acceptors (Lipinski definition) is 6. The Morgan fingerprint density at radius 1 is 0.919 bits per heavy atom. The maximum absolute atomic E-state index is 13.5. The van der Waals surface area contributed by atoms with Crippen LogP contribution in [0.25, 0.3) is 21.8 Å². The molecular weight excluding hydrogens is 682 g/mol. The average Bonchev–Trinajstić information content (AvgIpc) is 3.30. The van der Waals surface area contributed by atoms with Crippen LogP contribution in [0.2, 0.25) is 0 Å². The molecule has 0 saturated heterocycles. The second-order valence-electron chi connectivity index (χ2n) is 7.47. The fourth-order valence-corrected chi connectivity index (χ4v) is 4.66. The first kappa shape index (κ1) is 30.7. The summed E-state index contributed by atoms with van der Waals surface area (Å²) in [6.45, 7) is 0. The Morgan fingerprint density at radius 3 is 1.92 bits per heavy atom. The van der Waals surface area contributed by atoms with Crippen molar-refractivity contribution in [3.05, 3.63) is 68.4 Å². The number of nitriles is 2. The Morgan fingerprint density at radius 2 is 1.41 bits per heavy atom. The number of halogens is 5. The van der Waals surface area contributed by atoms with Crippen LogP contribution in [0.15, 0.2) is 45.6 Å². The normalized spacial score (nSPS) is 11.2. The van der Waals surface area contributed by atoms with Gasteiger partial charge in [-0.3, -0.25) is 0 Å². The van der Waals surface area contributed by atoms with E-state index in [9.17, 15) is 25.6 Å². The minimum Gasteiger partial charge on any atom is -0.361 e. The fourth-order valence-electron chi connectivity index (χ4n) is 3.16. The first-order chi connectivity index (χ1) is 17.1. The summed E-state index contributed by atoms with van der Waals surface area (Å²) in [5.41, 5.74) is 2.51. The van der Waals surface area contributed by atoms with Gasteiger partial charge in [0.2, 0.25) is 19.1 Å². The van der Waals surface area contributed by atoms with Gasteiger partial charge in [-0.05, 0) is 67.3 Å². The number of hydrogen-bond donors (Lipinski definition) is 1. The Hall–Kier alpha value is -2.49. The number of aromatic amines is 1. The molecule has 0 spiro atoms. The molecule has 37 heavy (non-hydrogen) atoms. The Bertz CT molecular complexity index is 1770. The van der Waals surface area contributed by atoms with Gasteiger partial charge in [0, 0.05) is 39.4 Å². The number of fused-ring (bicyclic) bond motifs is 2. The van der Waals surface area contributed by atoms with Crippen molar-refractivity contribution in [2.45, 2.75) is 12.8 Å². The van der Waals surface area contributed by atoms with E-state index in [0.29, 0.717) is 27.4 Å². The molecule has 4 rings (SSSR count). The molecule has 4 aromatic rings. The van der Waals surface area contributed by atoms with Crippen molar-refractivity contribution in [3.63, 3.8) is 0 Å². The molecule has 2 aromatic carbocycles. The van der Waals surface area contributed by atoms with Crippen molar-refractivity contribution in [2.24, 2.45) is 0 Å². The number of H-pyrrole nitrogens is 1. The van der Waals surface area contributed by atoms with Crippen LogP contribution in [0.4, 0.5) is 8.78 Å². The average molecular weight is 699 g/mol. The second kappa shape index (κ2) is 12.4. The van der Waals surface area contributed by atoms with Crippen LogP contribution in [0.5, 0.6) is 0 Å². The highest BCUT2D eigenvalue weighted by atomic mass is 79.9. The quantitative estimate of drug-likeness (QED) is 0.271. The van der Waals surface area contributed by atoms with E-state index in [-0.39, 0.29) is 16.7 Å². The second-order valence-corrected chi connectivity index (χ2v) is 14.1. The number of nitrogens with zero attached hydrogens (tertiary/aromatic N) is 3. The van der Waals surface area contributed by atoms with Crippen molar-refractivity contribution >= 4 is 83.4 Å². The maximum atomic E-state index is 13.5. The number of aromatic nitrogens is 2. The van der Waals surface area contributed by atoms with Gasteiger partial charge in [-0.1, -0.05) is 0 Å². The molecule has 0 fully saturated rings. The topological polar surface area (TPSA) is 137 Å². The van der Waals surface area contributed by atoms with E-state index in [1.165, 1.54) is 24.4 Å². The largest absolute Gasteiger partial charge is 0.361 e. The van der Waals surface area contributed by atoms with E-state index in [0.717, 1.165) is 33.0 Å². The highest BCUT2D eigenvalue weighted by Crippen LogP contribution is 2.29. The van der Waals surface area contributed by atoms with Crippen molar-refractivity contribution < 1.29 is 25.6 Å². The Labute approximate surface area is 233 Å². The molecule has 196 valence electrons. The molecule has 15 heteroatoms. The minimum atomic E-state index is -3.49. The number of nitrogens with one attached hydrogen (secondary N) is 1. The van der Waals surface area contributed by atoms with Gasteiger partial charge in [0.15, 0.2) is 0 Å². The van der Waals surface area contributed by atoms with E-state index in [1.54, 1.807) is 12.3 Å². The molecule has 1 N–H and O–H groups in total. The summed E-state index contributed by atoms with van der Waals surface area (Å²) >= 11 is 6.12. The number of benzene rings is 2. The molecule has 8 nitrogen and oxygen atoms in total. The molecule has 0 radical (unpaired) electrons. The van der Waals surface area contributed by atoms with E-state index >= 15 is 0 Å². The zero-order valence-corrected chi connectivity index (χ0v) is 24.6. The van der Waals surface area contributed by atoms with E-state index in [4.69, 9.17) is 10.5 Å². The summed E-state index contributed by atoms with van der Waals surface area (Å²) in [4.78, 5) is 2.99. The SMILES string of the molecule is CS(=O)(=O)Cl.CS(=O)(=O)n1cc(CC#N)c2cc(F)c(Br)cc21.N#CCc1c[nH]c2cc(Br)c(F)cc12. The van der Waals surface area contributed by atoms with Crippen molar-refractivity contribution in [1.29, 1.82) is 10.5 Å². The highest BCUT2D eigenvalue weighted by molar-refractivity contribution is 9.10. The summed E-state index contributed by atoms with van der Waals surface area (Å²) in [5, 5.41) is 18.5. The van der Waals surface area contributed by atoms with Gasteiger partial charge in [0.25, 0.3) is 0 Å². The third-order valence-electron chi connectivity index (χ3n) is 4.60. The van der Waals surface area contributed by atoms with Gasteiger partial charge in [0.05, 0.1) is 52.0 Å². The van der Waals surface area contributed by atoms with Gasteiger partial charge >= 0.3 is 0 Å². The summed E-state index contributed by atoms with van der Waals surface area (Å²) in [6.07, 6.45) is 5.39. The van der Waals surface area contributed by atoms with Crippen LogP contribution in [0, 0.1) is 34.3 Å². The highest BCUT2D eigenvalue weighted by Gasteiger charge is 2.16. The van der Waals surface area contributed by atoms with Crippen LogP contribution in [0.1, 0.15) is 11.1 Å². The Kier molecular flexibility index (Phi) is 10.3. The monoisotopic (exact) mass is 696 g/mol. The lowest BCUT2D eigenvalue weighted by molar-refractivity contribution is 0.594. The smallest absolute Gasteiger partial charge is 0.236 e. The first-order valence-corrected chi connectivity index (χ1v) is 16.0. The van der Waals surface area contributed by atoms with Gasteiger partial charge in [0.1, 0.15) is 11.6 Å². The summed E-state index contributed by atoms with van der Waals surface area (Å²) in [7, 11) is -2.18. The van der Waals surface area contributed by atoms with Gasteiger partial charge in [-0.15, -0.1) is 0 Å². The third kappa shape index (κ3) is 8.51. The van der Waals surface area contributed by atoms with Crippen LogP contribution in [-0.2, 0) is 31.9 Å². The molecule has 0 aliphatic heterocycles. The van der Waals surface area contributed by atoms with Crippen molar-refractivity contribution in [1.82, 2.24) is 8.96 Å². The van der Waals surface area contributed by atoms with E-state index in [1.807, 2.05) is 12.1 Å². The predicted molar refractivity (Wildman–Crippen MR) is 145 cm³/mol. The first-order valence-electron chi connectivity index (χ1n) is 9.84. The molecule has 0 atom stereocenters. The molecule has 0 amide bonds. The zero-order valence-electron chi connectivity index (χ0n) is 19.1. The summed E-state index contributed by atoms with van der Waals surface area (Å²) in [5.74, 6) is -0.802. The molecule has 2 heterocycles. The molecule has 0 aliphatic rings. The fraction of sp³-hybridized carbons (Fsp3) is 0.182. The van der Waals surface area contributed by atoms with E-state index in [2.05, 4.69) is 47.5 Å². The summed E-state index contributed by atoms with van der Waals surface area (Å²) < 4.78 is 70.4. The van der Waals surface area contributed by atoms with Gasteiger partial charge in [-0.2, -0.15) is 10.5 Å². The lowest BCUT2D eigenvalue weighted by Crippen LogP contribution is -2.08. The zero-order chi connectivity index (χ0) is 28.1. The van der Waals surface area contributed by atoms with Crippen LogP contribution < -0.4 is 0 Å². The third-order valence-corrected chi connectivity index (χ3v) is 6.83. The molecular formula is C22H17Br2ClF2N4O4S2. The molecule has 0 bridgehead atoms. The standard InChI is InChI=1S/C11H8BrFN2O2S.C10H6BrFN2.CH3ClO2S/c1-18(16,17)15-6-7(2-3-14)8-4-10(13)9(12)5-11(8)15;11-8-4-10-7(3-9(8)12)6(1-2-13)5-14-10;1-5(2,3)4/h4-6H,2H2,1H3;3-5,14H,1H2;1H3. The van der Waals surface area contributed by atoms with Crippen LogP contribution in [0.3, 0.4) is 0 Å².